The number of nitrogens with zero attached hydrogens (tertiary/aromatic N) is 1. The van der Waals surface area contributed by atoms with Gasteiger partial charge in [-0.25, -0.2) is 9.37 Å². The molecule has 4 aromatic rings. The van der Waals surface area contributed by atoms with Crippen LogP contribution in [0.4, 0.5) is 9.52 Å². The zero-order valence-corrected chi connectivity index (χ0v) is 17.2. The van der Waals surface area contributed by atoms with E-state index in [0.29, 0.717) is 16.5 Å². The lowest BCUT2D eigenvalue weighted by Gasteiger charge is -2.00. The molecule has 2 aromatic heterocycles. The number of amides is 1. The summed E-state index contributed by atoms with van der Waals surface area (Å²) in [5, 5.41) is 3.30. The van der Waals surface area contributed by atoms with Crippen LogP contribution in [0.15, 0.2) is 52.9 Å². The first kappa shape index (κ1) is 19.6. The van der Waals surface area contributed by atoms with Crippen molar-refractivity contribution in [1.29, 1.82) is 0 Å². The highest BCUT2D eigenvalue weighted by Crippen LogP contribution is 2.29. The minimum Gasteiger partial charge on any atom is -0.451 e. The van der Waals surface area contributed by atoms with Crippen LogP contribution < -0.4 is 5.32 Å². The maximum absolute atomic E-state index is 13.3. The van der Waals surface area contributed by atoms with Crippen LogP contribution in [0, 0.1) is 5.82 Å². The highest BCUT2D eigenvalue weighted by Gasteiger charge is 2.15. The molecule has 0 aliphatic heterocycles. The van der Waals surface area contributed by atoms with Gasteiger partial charge in [-0.2, -0.15) is 0 Å². The van der Waals surface area contributed by atoms with E-state index in [4.69, 9.17) is 16.0 Å². The van der Waals surface area contributed by atoms with E-state index in [-0.39, 0.29) is 10.8 Å². The Morgan fingerprint density at radius 1 is 1.21 bits per heavy atom. The number of anilines is 1. The van der Waals surface area contributed by atoms with Crippen LogP contribution in [-0.4, -0.2) is 10.9 Å². The lowest BCUT2D eigenvalue weighted by Crippen LogP contribution is -2.10. The minimum atomic E-state index is -0.506. The van der Waals surface area contributed by atoms with Crippen LogP contribution in [0.5, 0.6) is 0 Å². The summed E-state index contributed by atoms with van der Waals surface area (Å²) in [6, 6.07) is 13.7. The number of hydrogen-bond acceptors (Lipinski definition) is 4. The fraction of sp³-hybridized carbons (Fsp3) is 0.182. The third-order valence-electron chi connectivity index (χ3n) is 4.53. The number of carbonyl (C=O) groups is 1. The van der Waals surface area contributed by atoms with Gasteiger partial charge in [-0.1, -0.05) is 42.3 Å². The highest BCUT2D eigenvalue weighted by molar-refractivity contribution is 7.22. The van der Waals surface area contributed by atoms with Gasteiger partial charge in [-0.15, -0.1) is 0 Å². The lowest BCUT2D eigenvalue weighted by atomic mass is 10.1. The first-order valence-electron chi connectivity index (χ1n) is 9.29. The standard InChI is InChI=1S/C22H18ClFN2O2S/c1-2-3-4-13-5-8-17-20(11-13)29-22(25-17)26-21(27)19-10-9-18(28-19)14-6-7-16(24)15(23)12-14/h5-12H,2-4H2,1H3,(H,25,26,27). The van der Waals surface area contributed by atoms with E-state index in [1.54, 1.807) is 18.2 Å². The van der Waals surface area contributed by atoms with E-state index in [1.165, 1.54) is 29.0 Å². The summed E-state index contributed by atoms with van der Waals surface area (Å²) in [5.74, 6) is -0.325. The molecule has 0 atom stereocenters. The van der Waals surface area contributed by atoms with Gasteiger partial charge in [0, 0.05) is 5.56 Å². The van der Waals surface area contributed by atoms with Crippen molar-refractivity contribution in [3.63, 3.8) is 0 Å². The zero-order chi connectivity index (χ0) is 20.4. The Labute approximate surface area is 176 Å². The summed E-state index contributed by atoms with van der Waals surface area (Å²) < 4.78 is 20.0. The quantitative estimate of drug-likeness (QED) is 0.361. The second-order valence-electron chi connectivity index (χ2n) is 6.67. The van der Waals surface area contributed by atoms with Gasteiger partial charge in [-0.05, 0) is 60.9 Å². The third-order valence-corrected chi connectivity index (χ3v) is 5.75. The second kappa shape index (κ2) is 8.35. The van der Waals surface area contributed by atoms with E-state index in [2.05, 4.69) is 29.4 Å². The number of carbonyl (C=O) groups excluding carboxylic acids is 1. The number of hydrogen-bond donors (Lipinski definition) is 1. The molecule has 0 aliphatic rings. The highest BCUT2D eigenvalue weighted by atomic mass is 35.5. The van der Waals surface area contributed by atoms with Gasteiger partial charge in [-0.3, -0.25) is 10.1 Å². The van der Waals surface area contributed by atoms with Crippen molar-refractivity contribution in [3.8, 4) is 11.3 Å². The number of fused-ring (bicyclic) bond motifs is 1. The van der Waals surface area contributed by atoms with Gasteiger partial charge in [0.1, 0.15) is 11.6 Å². The molecule has 0 fully saturated rings. The molecule has 2 aromatic carbocycles. The molecule has 4 rings (SSSR count). The Hall–Kier alpha value is -2.70. The monoisotopic (exact) mass is 428 g/mol. The first-order chi connectivity index (χ1) is 14.0. The van der Waals surface area contributed by atoms with Crippen molar-refractivity contribution in [2.75, 3.05) is 5.32 Å². The zero-order valence-electron chi connectivity index (χ0n) is 15.7. The fourth-order valence-corrected chi connectivity index (χ4v) is 4.09. The summed E-state index contributed by atoms with van der Waals surface area (Å²) in [6.45, 7) is 2.17. The number of furan rings is 1. The number of benzene rings is 2. The molecule has 0 spiro atoms. The van der Waals surface area contributed by atoms with Crippen LogP contribution >= 0.6 is 22.9 Å². The van der Waals surface area contributed by atoms with Gasteiger partial charge in [0.25, 0.3) is 5.91 Å². The van der Waals surface area contributed by atoms with Gasteiger partial charge >= 0.3 is 0 Å². The summed E-state index contributed by atoms with van der Waals surface area (Å²) in [6.07, 6.45) is 3.33. The van der Waals surface area contributed by atoms with Crippen molar-refractivity contribution < 1.29 is 13.6 Å². The number of rotatable bonds is 6. The van der Waals surface area contributed by atoms with Crippen molar-refractivity contribution in [1.82, 2.24) is 4.98 Å². The van der Waals surface area contributed by atoms with Crippen LogP contribution in [0.25, 0.3) is 21.5 Å². The third kappa shape index (κ3) is 4.33. The van der Waals surface area contributed by atoms with E-state index < -0.39 is 11.7 Å². The average Bonchev–Trinajstić information content (AvgIpc) is 3.35. The average molecular weight is 429 g/mol. The van der Waals surface area contributed by atoms with E-state index in [1.807, 2.05) is 6.07 Å². The maximum Gasteiger partial charge on any atom is 0.293 e. The van der Waals surface area contributed by atoms with Crippen molar-refractivity contribution >= 4 is 44.2 Å². The van der Waals surface area contributed by atoms with Crippen LogP contribution in [0.3, 0.4) is 0 Å². The molecule has 0 radical (unpaired) electrons. The SMILES string of the molecule is CCCCc1ccc2nc(NC(=O)c3ccc(-c4ccc(F)c(Cl)c4)o3)sc2c1. The summed E-state index contributed by atoms with van der Waals surface area (Å²) in [7, 11) is 0. The lowest BCUT2D eigenvalue weighted by molar-refractivity contribution is 0.0997. The van der Waals surface area contributed by atoms with E-state index >= 15 is 0 Å². The molecule has 0 saturated carbocycles. The number of nitrogens with one attached hydrogen (secondary N) is 1. The second-order valence-corrected chi connectivity index (χ2v) is 8.11. The Kier molecular flexibility index (Phi) is 5.65. The van der Waals surface area contributed by atoms with Crippen molar-refractivity contribution in [2.45, 2.75) is 26.2 Å². The molecule has 0 bridgehead atoms. The van der Waals surface area contributed by atoms with Crippen molar-refractivity contribution in [3.05, 3.63) is 70.7 Å². The molecule has 1 N–H and O–H groups in total. The summed E-state index contributed by atoms with van der Waals surface area (Å²) in [5.41, 5.74) is 2.72. The van der Waals surface area contributed by atoms with Gasteiger partial charge in [0.2, 0.25) is 0 Å². The van der Waals surface area contributed by atoms with Gasteiger partial charge in [0.05, 0.1) is 15.2 Å². The summed E-state index contributed by atoms with van der Waals surface area (Å²) >= 11 is 7.25. The smallest absolute Gasteiger partial charge is 0.293 e. The molecule has 2 heterocycles. The predicted molar refractivity (Wildman–Crippen MR) is 115 cm³/mol. The molecular weight excluding hydrogens is 411 g/mol. The van der Waals surface area contributed by atoms with Crippen LogP contribution in [0.2, 0.25) is 5.02 Å². The Bertz CT molecular complexity index is 1180. The minimum absolute atomic E-state index is 0.00215. The number of halogens is 2. The van der Waals surface area contributed by atoms with Gasteiger partial charge < -0.3 is 4.42 Å². The maximum atomic E-state index is 13.3. The summed E-state index contributed by atoms with van der Waals surface area (Å²) in [4.78, 5) is 17.0. The Balaban J connectivity index is 1.50. The van der Waals surface area contributed by atoms with Crippen LogP contribution in [-0.2, 0) is 6.42 Å². The molecule has 29 heavy (non-hydrogen) atoms. The number of thiazole rings is 1. The largest absolute Gasteiger partial charge is 0.451 e. The number of aromatic nitrogens is 1. The molecule has 1 amide bonds. The van der Waals surface area contributed by atoms with Gasteiger partial charge in [0.15, 0.2) is 10.9 Å². The van der Waals surface area contributed by atoms with Crippen molar-refractivity contribution in [2.24, 2.45) is 0 Å². The van der Waals surface area contributed by atoms with Crippen LogP contribution in [0.1, 0.15) is 35.9 Å². The predicted octanol–water partition coefficient (Wildman–Crippen LogP) is 6.94. The molecule has 0 saturated heterocycles. The molecule has 0 aliphatic carbocycles. The normalized spacial score (nSPS) is 11.1. The van der Waals surface area contributed by atoms with E-state index in [0.717, 1.165) is 29.5 Å². The molecule has 7 heteroatoms. The molecule has 0 unspecified atom stereocenters. The van der Waals surface area contributed by atoms with E-state index in [9.17, 15) is 9.18 Å². The topological polar surface area (TPSA) is 55.1 Å². The number of unbranched alkanes of at least 4 members (excludes halogenated alkanes) is 1. The fourth-order valence-electron chi connectivity index (χ4n) is 2.98. The Morgan fingerprint density at radius 3 is 2.86 bits per heavy atom. The molecule has 148 valence electrons. The number of aryl methyl sites for hydroxylation is 1. The molecule has 4 nitrogen and oxygen atoms in total. The Morgan fingerprint density at radius 2 is 2.07 bits per heavy atom. The first-order valence-corrected chi connectivity index (χ1v) is 10.5. The molecular formula is C22H18ClFN2O2S.